The summed E-state index contributed by atoms with van der Waals surface area (Å²) in [6.07, 6.45) is 8.61. The molecule has 1 atom stereocenters. The van der Waals surface area contributed by atoms with E-state index >= 15 is 0 Å². The Balaban J connectivity index is 1.71. The van der Waals surface area contributed by atoms with Gasteiger partial charge in [0.15, 0.2) is 0 Å². The maximum atomic E-state index is 11.2. The van der Waals surface area contributed by atoms with E-state index in [0.717, 1.165) is 18.8 Å². The maximum Gasteiger partial charge on any atom is 0.135 e. The molecule has 0 saturated heterocycles. The van der Waals surface area contributed by atoms with Gasteiger partial charge < -0.3 is 0 Å². The Kier molecular flexibility index (Phi) is 1.97. The Labute approximate surface area is 68.2 Å². The fourth-order valence-corrected chi connectivity index (χ4v) is 2.04. The predicted octanol–water partition coefficient (Wildman–Crippen LogP) is 2.55. The van der Waals surface area contributed by atoms with Crippen LogP contribution in [0.5, 0.6) is 0 Å². The zero-order chi connectivity index (χ0) is 7.68. The number of carbonyl (C=O) groups excluding carboxylic acids is 1. The number of hydrogen-bond donors (Lipinski definition) is 0. The molecular weight excluding hydrogens is 136 g/mol. The molecule has 2 saturated carbocycles. The second-order valence-corrected chi connectivity index (χ2v) is 4.08. The third kappa shape index (κ3) is 1.82. The molecule has 1 nitrogen and oxygen atoms in total. The Morgan fingerprint density at radius 3 is 2.55 bits per heavy atom. The lowest BCUT2D eigenvalue weighted by molar-refractivity contribution is -0.120. The Morgan fingerprint density at radius 2 is 2.00 bits per heavy atom. The van der Waals surface area contributed by atoms with Crippen molar-refractivity contribution in [2.24, 2.45) is 11.8 Å². The number of ketones is 1. The molecule has 0 amide bonds. The van der Waals surface area contributed by atoms with Crippen LogP contribution in [0.25, 0.3) is 0 Å². The molecule has 2 aliphatic carbocycles. The number of rotatable bonds is 3. The first-order chi connectivity index (χ1) is 5.36. The van der Waals surface area contributed by atoms with Crippen LogP contribution in [0.2, 0.25) is 0 Å². The molecule has 2 fully saturated rings. The first-order valence-corrected chi connectivity index (χ1v) is 4.89. The minimum atomic E-state index is 0.468. The zero-order valence-corrected chi connectivity index (χ0v) is 7.01. The summed E-state index contributed by atoms with van der Waals surface area (Å²) in [5.74, 6) is 2.02. The van der Waals surface area contributed by atoms with Crippen LogP contribution in [0.3, 0.4) is 0 Å². The summed E-state index contributed by atoms with van der Waals surface area (Å²) in [6, 6.07) is 0. The predicted molar refractivity (Wildman–Crippen MR) is 44.3 cm³/mol. The molecule has 11 heavy (non-hydrogen) atoms. The van der Waals surface area contributed by atoms with Crippen LogP contribution >= 0.6 is 0 Å². The smallest absolute Gasteiger partial charge is 0.135 e. The molecule has 62 valence electrons. The lowest BCUT2D eigenvalue weighted by Crippen LogP contribution is -2.05. The van der Waals surface area contributed by atoms with Gasteiger partial charge in [-0.3, -0.25) is 4.79 Å². The molecule has 0 N–H and O–H groups in total. The standard InChI is InChI=1S/C10H16O/c11-10-3-1-2-9(10)7-6-8-4-5-8/h8-9H,1-7H2. The van der Waals surface area contributed by atoms with Crippen molar-refractivity contribution in [3.8, 4) is 0 Å². The first-order valence-electron chi connectivity index (χ1n) is 4.89. The molecule has 0 aromatic heterocycles. The van der Waals surface area contributed by atoms with Gasteiger partial charge >= 0.3 is 0 Å². The van der Waals surface area contributed by atoms with Crippen LogP contribution in [0, 0.1) is 11.8 Å². The van der Waals surface area contributed by atoms with Gasteiger partial charge in [-0.15, -0.1) is 0 Å². The van der Waals surface area contributed by atoms with E-state index in [9.17, 15) is 4.79 Å². The highest BCUT2D eigenvalue weighted by Gasteiger charge is 2.27. The second kappa shape index (κ2) is 2.96. The molecule has 0 radical (unpaired) electrons. The van der Waals surface area contributed by atoms with Crippen LogP contribution in [0.1, 0.15) is 44.9 Å². The maximum absolute atomic E-state index is 11.2. The van der Waals surface area contributed by atoms with E-state index in [0.29, 0.717) is 11.7 Å². The van der Waals surface area contributed by atoms with Gasteiger partial charge in [-0.1, -0.05) is 12.8 Å². The Morgan fingerprint density at radius 1 is 1.18 bits per heavy atom. The van der Waals surface area contributed by atoms with Gasteiger partial charge in [0.05, 0.1) is 0 Å². The molecular formula is C10H16O. The number of hydrogen-bond acceptors (Lipinski definition) is 1. The van der Waals surface area contributed by atoms with Gasteiger partial charge in [0.2, 0.25) is 0 Å². The molecule has 0 bridgehead atoms. The highest BCUT2D eigenvalue weighted by Crippen LogP contribution is 2.36. The molecule has 2 rings (SSSR count). The lowest BCUT2D eigenvalue weighted by Gasteiger charge is -2.05. The summed E-state index contributed by atoms with van der Waals surface area (Å²) in [7, 11) is 0. The summed E-state index contributed by atoms with van der Waals surface area (Å²) >= 11 is 0. The topological polar surface area (TPSA) is 17.1 Å². The van der Waals surface area contributed by atoms with E-state index in [1.807, 2.05) is 0 Å². The highest BCUT2D eigenvalue weighted by atomic mass is 16.1. The second-order valence-electron chi connectivity index (χ2n) is 4.08. The van der Waals surface area contributed by atoms with Gasteiger partial charge in [-0.05, 0) is 31.6 Å². The van der Waals surface area contributed by atoms with Gasteiger partial charge in [0.25, 0.3) is 0 Å². The van der Waals surface area contributed by atoms with Gasteiger partial charge in [-0.25, -0.2) is 0 Å². The first kappa shape index (κ1) is 7.33. The van der Waals surface area contributed by atoms with Crippen LogP contribution in [0.15, 0.2) is 0 Å². The minimum Gasteiger partial charge on any atom is -0.299 e. The zero-order valence-electron chi connectivity index (χ0n) is 7.01. The number of carbonyl (C=O) groups is 1. The van der Waals surface area contributed by atoms with Crippen molar-refractivity contribution < 1.29 is 4.79 Å². The van der Waals surface area contributed by atoms with Crippen LogP contribution in [-0.4, -0.2) is 5.78 Å². The number of Topliss-reactive ketones (excluding diaryl/α,β-unsaturated/α-hetero) is 1. The van der Waals surface area contributed by atoms with Crippen LogP contribution < -0.4 is 0 Å². The van der Waals surface area contributed by atoms with Crippen molar-refractivity contribution in [2.45, 2.75) is 44.9 Å². The SMILES string of the molecule is O=C1CCCC1CCC1CC1. The van der Waals surface area contributed by atoms with Crippen LogP contribution in [-0.2, 0) is 4.79 Å². The third-order valence-electron chi connectivity index (χ3n) is 3.05. The summed E-state index contributed by atoms with van der Waals surface area (Å²) in [4.78, 5) is 11.2. The molecule has 1 unspecified atom stereocenters. The van der Waals surface area contributed by atoms with E-state index in [2.05, 4.69) is 0 Å². The highest BCUT2D eigenvalue weighted by molar-refractivity contribution is 5.82. The normalized spacial score (nSPS) is 31.3. The summed E-state index contributed by atoms with van der Waals surface area (Å²) < 4.78 is 0. The summed E-state index contributed by atoms with van der Waals surface area (Å²) in [5, 5.41) is 0. The van der Waals surface area contributed by atoms with E-state index in [1.165, 1.54) is 32.1 Å². The van der Waals surface area contributed by atoms with E-state index in [1.54, 1.807) is 0 Å². The molecule has 0 aromatic rings. The molecule has 0 spiro atoms. The monoisotopic (exact) mass is 152 g/mol. The van der Waals surface area contributed by atoms with Crippen molar-refractivity contribution in [3.63, 3.8) is 0 Å². The Bertz CT molecular complexity index is 158. The molecule has 0 aliphatic heterocycles. The Hall–Kier alpha value is -0.330. The van der Waals surface area contributed by atoms with Crippen molar-refractivity contribution in [2.75, 3.05) is 0 Å². The van der Waals surface area contributed by atoms with Crippen molar-refractivity contribution >= 4 is 5.78 Å². The van der Waals surface area contributed by atoms with Crippen molar-refractivity contribution in [1.29, 1.82) is 0 Å². The third-order valence-corrected chi connectivity index (χ3v) is 3.05. The molecule has 0 aromatic carbocycles. The minimum absolute atomic E-state index is 0.468. The molecule has 2 aliphatic rings. The molecule has 0 heterocycles. The van der Waals surface area contributed by atoms with Crippen molar-refractivity contribution in [1.82, 2.24) is 0 Å². The summed E-state index contributed by atoms with van der Waals surface area (Å²) in [5.41, 5.74) is 0. The summed E-state index contributed by atoms with van der Waals surface area (Å²) in [6.45, 7) is 0. The van der Waals surface area contributed by atoms with Crippen molar-refractivity contribution in [3.05, 3.63) is 0 Å². The van der Waals surface area contributed by atoms with E-state index in [4.69, 9.17) is 0 Å². The lowest BCUT2D eigenvalue weighted by atomic mass is 9.99. The van der Waals surface area contributed by atoms with E-state index in [-0.39, 0.29) is 0 Å². The largest absolute Gasteiger partial charge is 0.299 e. The van der Waals surface area contributed by atoms with E-state index < -0.39 is 0 Å². The van der Waals surface area contributed by atoms with Crippen LogP contribution in [0.4, 0.5) is 0 Å². The average Bonchev–Trinajstić information content (AvgIpc) is 2.73. The van der Waals surface area contributed by atoms with Gasteiger partial charge in [-0.2, -0.15) is 0 Å². The van der Waals surface area contributed by atoms with Gasteiger partial charge in [0.1, 0.15) is 5.78 Å². The average molecular weight is 152 g/mol. The fourth-order valence-electron chi connectivity index (χ4n) is 2.04. The molecule has 1 heteroatoms. The van der Waals surface area contributed by atoms with Gasteiger partial charge in [0, 0.05) is 12.3 Å². The fraction of sp³-hybridized carbons (Fsp3) is 0.900. The quantitative estimate of drug-likeness (QED) is 0.607.